The molecule has 1 aromatic carbocycles. The summed E-state index contributed by atoms with van der Waals surface area (Å²) >= 11 is 0. The minimum atomic E-state index is -1.39. The molecule has 0 radical (unpaired) electrons. The number of nitrogens with zero attached hydrogens (tertiary/aromatic N) is 3. The Labute approximate surface area is 147 Å². The molecule has 2 heterocycles. The topological polar surface area (TPSA) is 114 Å². The van der Waals surface area contributed by atoms with Crippen molar-refractivity contribution in [3.8, 4) is 0 Å². The monoisotopic (exact) mass is 355 g/mol. The molecule has 2 N–H and O–H groups in total. The van der Waals surface area contributed by atoms with Crippen LogP contribution >= 0.6 is 0 Å². The van der Waals surface area contributed by atoms with Crippen molar-refractivity contribution in [1.82, 2.24) is 14.3 Å². The van der Waals surface area contributed by atoms with Crippen molar-refractivity contribution in [1.29, 1.82) is 0 Å². The van der Waals surface area contributed by atoms with Gasteiger partial charge in [0.2, 0.25) is 5.43 Å². The average molecular weight is 355 g/mol. The number of pyridine rings is 1. The number of aliphatic carboxylic acids is 1. The van der Waals surface area contributed by atoms with Gasteiger partial charge in [0.1, 0.15) is 12.1 Å². The maximum Gasteiger partial charge on any atom is 0.341 e. The molecule has 0 aliphatic heterocycles. The third kappa shape index (κ3) is 3.21. The van der Waals surface area contributed by atoms with Crippen molar-refractivity contribution >= 4 is 22.8 Å². The number of carbonyl (C=O) groups is 2. The van der Waals surface area contributed by atoms with Crippen molar-refractivity contribution in [2.75, 3.05) is 0 Å². The molecule has 0 aliphatic carbocycles. The van der Waals surface area contributed by atoms with E-state index in [-0.39, 0.29) is 5.39 Å². The van der Waals surface area contributed by atoms with E-state index in [4.69, 9.17) is 5.11 Å². The van der Waals surface area contributed by atoms with Gasteiger partial charge in [0.05, 0.1) is 17.8 Å². The first kappa shape index (κ1) is 17.4. The summed E-state index contributed by atoms with van der Waals surface area (Å²) in [4.78, 5) is 34.9. The Morgan fingerprint density at radius 2 is 1.88 bits per heavy atom. The molecule has 0 saturated heterocycles. The van der Waals surface area contributed by atoms with Crippen LogP contribution in [0, 0.1) is 13.8 Å². The molecule has 0 fully saturated rings. The van der Waals surface area contributed by atoms with E-state index in [1.54, 1.807) is 22.9 Å². The first-order chi connectivity index (χ1) is 12.3. The smallest absolute Gasteiger partial charge is 0.341 e. The second kappa shape index (κ2) is 6.47. The first-order valence-electron chi connectivity index (χ1n) is 7.88. The van der Waals surface area contributed by atoms with E-state index in [0.29, 0.717) is 12.1 Å². The van der Waals surface area contributed by atoms with Gasteiger partial charge in [-0.05, 0) is 37.6 Å². The fourth-order valence-electron chi connectivity index (χ4n) is 2.98. The van der Waals surface area contributed by atoms with Crippen molar-refractivity contribution in [3.05, 3.63) is 63.2 Å². The number of hydrogen-bond acceptors (Lipinski definition) is 4. The fourth-order valence-corrected chi connectivity index (χ4v) is 2.98. The number of carboxylic acids is 2. The molecule has 0 aliphatic rings. The van der Waals surface area contributed by atoms with Gasteiger partial charge in [-0.15, -0.1) is 0 Å². The largest absolute Gasteiger partial charge is 0.480 e. The zero-order valence-corrected chi connectivity index (χ0v) is 14.3. The lowest BCUT2D eigenvalue weighted by Crippen LogP contribution is -2.21. The predicted molar refractivity (Wildman–Crippen MR) is 93.6 cm³/mol. The van der Waals surface area contributed by atoms with Gasteiger partial charge in [-0.2, -0.15) is 5.10 Å². The number of rotatable bonds is 5. The highest BCUT2D eigenvalue weighted by molar-refractivity contribution is 5.93. The molecule has 0 amide bonds. The molecule has 8 nitrogen and oxygen atoms in total. The summed E-state index contributed by atoms with van der Waals surface area (Å²) in [6.07, 6.45) is 1.07. The van der Waals surface area contributed by atoms with E-state index in [2.05, 4.69) is 5.10 Å². The van der Waals surface area contributed by atoms with Gasteiger partial charge < -0.3 is 14.8 Å². The Balaban J connectivity index is 2.17. The number of aryl methyl sites for hydroxylation is 2. The highest BCUT2D eigenvalue weighted by Gasteiger charge is 2.16. The molecule has 2 aromatic heterocycles. The maximum atomic E-state index is 12.5. The van der Waals surface area contributed by atoms with Gasteiger partial charge >= 0.3 is 11.9 Å². The third-order valence-electron chi connectivity index (χ3n) is 4.12. The van der Waals surface area contributed by atoms with Crippen molar-refractivity contribution in [3.63, 3.8) is 0 Å². The number of fused-ring (bicyclic) bond motifs is 1. The summed E-state index contributed by atoms with van der Waals surface area (Å²) in [5.74, 6) is -2.52. The van der Waals surface area contributed by atoms with Crippen LogP contribution in [0.2, 0.25) is 0 Å². The van der Waals surface area contributed by atoms with Crippen LogP contribution in [-0.2, 0) is 17.9 Å². The number of hydrogen-bond donors (Lipinski definition) is 2. The SMILES string of the molecule is Cc1cc(C)n(Cc2ccc3c(c2)c(=O)c(C(=O)O)cn3CC(=O)O)n1. The van der Waals surface area contributed by atoms with E-state index >= 15 is 0 Å². The summed E-state index contributed by atoms with van der Waals surface area (Å²) in [5.41, 5.74) is 1.89. The lowest BCUT2D eigenvalue weighted by Gasteiger charge is -2.12. The summed E-state index contributed by atoms with van der Waals surface area (Å²) in [7, 11) is 0. The molecule has 0 spiro atoms. The zero-order chi connectivity index (χ0) is 19.0. The molecule has 3 aromatic rings. The highest BCUT2D eigenvalue weighted by Crippen LogP contribution is 2.16. The van der Waals surface area contributed by atoms with E-state index in [0.717, 1.165) is 23.1 Å². The van der Waals surface area contributed by atoms with Crippen molar-refractivity contribution in [2.45, 2.75) is 26.9 Å². The summed E-state index contributed by atoms with van der Waals surface area (Å²) in [6, 6.07) is 6.94. The number of aromatic nitrogens is 3. The van der Waals surface area contributed by atoms with Gasteiger partial charge in [0.15, 0.2) is 0 Å². The normalized spacial score (nSPS) is 11.0. The second-order valence-electron chi connectivity index (χ2n) is 6.13. The second-order valence-corrected chi connectivity index (χ2v) is 6.13. The first-order valence-corrected chi connectivity index (χ1v) is 7.88. The Kier molecular flexibility index (Phi) is 4.33. The fraction of sp³-hybridized carbons (Fsp3) is 0.222. The van der Waals surface area contributed by atoms with Gasteiger partial charge in [0.25, 0.3) is 0 Å². The predicted octanol–water partition coefficient (Wildman–Crippen LogP) is 1.65. The molecule has 0 unspecified atom stereocenters. The minimum absolute atomic E-state index is 0.171. The van der Waals surface area contributed by atoms with E-state index in [1.807, 2.05) is 19.9 Å². The summed E-state index contributed by atoms with van der Waals surface area (Å²) in [6.45, 7) is 3.79. The van der Waals surface area contributed by atoms with Crippen LogP contribution in [0.5, 0.6) is 0 Å². The third-order valence-corrected chi connectivity index (χ3v) is 4.12. The zero-order valence-electron chi connectivity index (χ0n) is 14.3. The van der Waals surface area contributed by atoms with Crippen LogP contribution < -0.4 is 5.43 Å². The van der Waals surface area contributed by atoms with Crippen LogP contribution in [0.15, 0.2) is 35.3 Å². The van der Waals surface area contributed by atoms with E-state index in [1.165, 1.54) is 4.57 Å². The number of benzene rings is 1. The van der Waals surface area contributed by atoms with Gasteiger partial charge in [-0.1, -0.05) is 6.07 Å². The van der Waals surface area contributed by atoms with Gasteiger partial charge in [-0.25, -0.2) is 4.79 Å². The molecule has 0 saturated carbocycles. The van der Waals surface area contributed by atoms with E-state index in [9.17, 15) is 19.5 Å². The molecule has 26 heavy (non-hydrogen) atoms. The van der Waals surface area contributed by atoms with Crippen LogP contribution in [0.3, 0.4) is 0 Å². The standard InChI is InChI=1S/C18H17N3O5/c1-10-5-11(2)21(19-10)7-12-3-4-15-13(6-12)17(24)14(18(25)26)8-20(15)9-16(22)23/h3-6,8H,7,9H2,1-2H3,(H,22,23)(H,25,26). The average Bonchev–Trinajstić information content (AvgIpc) is 2.87. The summed E-state index contributed by atoms with van der Waals surface area (Å²) in [5, 5.41) is 22.8. The van der Waals surface area contributed by atoms with Crippen LogP contribution in [0.25, 0.3) is 10.9 Å². The summed E-state index contributed by atoms with van der Waals surface area (Å²) < 4.78 is 3.04. The van der Waals surface area contributed by atoms with Gasteiger partial charge in [0, 0.05) is 17.3 Å². The Bertz CT molecular complexity index is 1090. The maximum absolute atomic E-state index is 12.5. The molecule has 134 valence electrons. The molecular formula is C18H17N3O5. The number of aromatic carboxylic acids is 1. The van der Waals surface area contributed by atoms with Crippen LogP contribution in [0.4, 0.5) is 0 Å². The lowest BCUT2D eigenvalue weighted by molar-refractivity contribution is -0.137. The Morgan fingerprint density at radius 3 is 2.46 bits per heavy atom. The molecule has 8 heteroatoms. The number of carboxylic acid groups (broad SMARTS) is 2. The molecule has 0 atom stereocenters. The van der Waals surface area contributed by atoms with Crippen LogP contribution in [-0.4, -0.2) is 36.5 Å². The van der Waals surface area contributed by atoms with Crippen LogP contribution in [0.1, 0.15) is 27.3 Å². The quantitative estimate of drug-likeness (QED) is 0.719. The van der Waals surface area contributed by atoms with Crippen molar-refractivity contribution in [2.24, 2.45) is 0 Å². The molecule has 0 bridgehead atoms. The lowest BCUT2D eigenvalue weighted by atomic mass is 10.1. The minimum Gasteiger partial charge on any atom is -0.480 e. The van der Waals surface area contributed by atoms with Gasteiger partial charge in [-0.3, -0.25) is 14.3 Å². The highest BCUT2D eigenvalue weighted by atomic mass is 16.4. The van der Waals surface area contributed by atoms with E-state index < -0.39 is 29.5 Å². The Hall–Kier alpha value is -3.42. The molecule has 3 rings (SSSR count). The Morgan fingerprint density at radius 1 is 1.15 bits per heavy atom. The molecular weight excluding hydrogens is 338 g/mol. The van der Waals surface area contributed by atoms with Crippen molar-refractivity contribution < 1.29 is 19.8 Å².